The van der Waals surface area contributed by atoms with Crippen molar-refractivity contribution in [2.24, 2.45) is 46.3 Å². The molecule has 0 radical (unpaired) electrons. The lowest BCUT2D eigenvalue weighted by molar-refractivity contribution is -0.390. The van der Waals surface area contributed by atoms with E-state index in [1.54, 1.807) is 0 Å². The number of aliphatic hydroxyl groups is 9. The van der Waals surface area contributed by atoms with Gasteiger partial charge in [-0.05, 0) is 92.8 Å². The van der Waals surface area contributed by atoms with Gasteiger partial charge in [0.1, 0.15) is 61.0 Å². The summed E-state index contributed by atoms with van der Waals surface area (Å²) in [4.78, 5) is 0. The van der Waals surface area contributed by atoms with Crippen LogP contribution in [0.4, 0.5) is 0 Å². The quantitative estimate of drug-likeness (QED) is 0.144. The van der Waals surface area contributed by atoms with E-state index in [0.29, 0.717) is 43.1 Å². The molecule has 0 aromatic carbocycles. The minimum atomic E-state index is -1.72. The van der Waals surface area contributed by atoms with Crippen LogP contribution in [0.1, 0.15) is 85.5 Å². The van der Waals surface area contributed by atoms with E-state index in [1.165, 1.54) is 12.5 Å². The largest absolute Gasteiger partial charge is 0.396 e. The zero-order chi connectivity index (χ0) is 43.3. The third-order valence-electron chi connectivity index (χ3n) is 17.4. The number of rotatable bonds is 8. The van der Waals surface area contributed by atoms with Crippen LogP contribution in [0.2, 0.25) is 0 Å². The van der Waals surface area contributed by atoms with E-state index < -0.39 is 98.4 Å². The molecule has 9 aliphatic rings. The van der Waals surface area contributed by atoms with Crippen molar-refractivity contribution in [2.75, 3.05) is 26.4 Å². The fourth-order valence-electron chi connectivity index (χ4n) is 13.8. The maximum Gasteiger partial charge on any atom is 0.187 e. The minimum absolute atomic E-state index is 0.0485. The van der Waals surface area contributed by atoms with Crippen LogP contribution in [0, 0.1) is 46.3 Å². The van der Waals surface area contributed by atoms with Gasteiger partial charge in [-0.1, -0.05) is 32.4 Å². The highest BCUT2D eigenvalue weighted by Crippen LogP contribution is 2.70. The second-order valence-corrected chi connectivity index (χ2v) is 20.6. The summed E-state index contributed by atoms with van der Waals surface area (Å²) in [6, 6.07) is 0. The maximum atomic E-state index is 11.5. The predicted octanol–water partition coefficient (Wildman–Crippen LogP) is -0.174. The van der Waals surface area contributed by atoms with E-state index in [1.807, 2.05) is 0 Å². The van der Waals surface area contributed by atoms with E-state index in [0.717, 1.165) is 44.9 Å². The van der Waals surface area contributed by atoms with Crippen LogP contribution in [0.25, 0.3) is 0 Å². The molecule has 25 atom stereocenters. The second-order valence-electron chi connectivity index (χ2n) is 20.6. The number of ether oxygens (including phenoxy) is 8. The Morgan fingerprint density at radius 2 is 1.48 bits per heavy atom. The van der Waals surface area contributed by atoms with Crippen LogP contribution in [0.5, 0.6) is 0 Å². The average molecular weight is 871 g/mol. The minimum Gasteiger partial charge on any atom is -0.396 e. The van der Waals surface area contributed by atoms with Gasteiger partial charge in [0.05, 0.1) is 38.1 Å². The number of fused-ring (bicyclic) bond motifs is 7. The standard InChI is InChI=1S/C44H70O17/c1-19-30-28(61-44(19)12-7-21(15-45)17-55-44)14-26-24-6-5-22-13-23(8-10-42(22,3)25(24)9-11-43(26,30)4)57-41-38(60-40-36(53)34(51)31(48)20(2)56-40)37(33(50)29(16-46)58-41)59-39-35(52)32(49)27(47)18-54-39/h5,19-21,23-41,45-53H,6-18H2,1-4H3/t19-,20-,21-,23-,24+,25-,26-,27-,28-,29+,30-,31-,32-,33+,34+,35+,36+,37-,38+,39-,40-,41+,42-,43-,44+/m0/s1. The first-order valence-corrected chi connectivity index (χ1v) is 22.9. The fourth-order valence-corrected chi connectivity index (χ4v) is 13.8. The molecular weight excluding hydrogens is 800 g/mol. The molecule has 4 aliphatic carbocycles. The highest BCUT2D eigenvalue weighted by atomic mass is 16.8. The van der Waals surface area contributed by atoms with E-state index >= 15 is 0 Å². The second kappa shape index (κ2) is 17.0. The lowest BCUT2D eigenvalue weighted by Crippen LogP contribution is -2.66. The van der Waals surface area contributed by atoms with E-state index in [4.69, 9.17) is 37.9 Å². The van der Waals surface area contributed by atoms with Gasteiger partial charge >= 0.3 is 0 Å². The molecule has 3 saturated carbocycles. The van der Waals surface area contributed by atoms with Gasteiger partial charge in [0, 0.05) is 24.9 Å². The van der Waals surface area contributed by atoms with Crippen LogP contribution in [-0.2, 0) is 37.9 Å². The van der Waals surface area contributed by atoms with Gasteiger partial charge in [-0.15, -0.1) is 0 Å². The SMILES string of the molecule is C[C@@H]1O[C@@H](O[C@H]2[C@H](O[C@H]3CC[C@@]4(C)C(=CC[C@H]5[C@@H]6C[C@@H]7O[C@]8(CC[C@@H](CO)CO8)[C@@H](C)[C@@H]7[C@@]6(C)CC[C@@H]54)C3)O[C@H](CO)[C@@H](O)[C@@H]2O[C@@H]2OC[C@H](O)[C@H](O)[C@H]2O)[C@H](O)[C@H](O)[C@H]1O. The lowest BCUT2D eigenvalue weighted by atomic mass is 9.47. The molecule has 8 fully saturated rings. The van der Waals surface area contributed by atoms with Crippen molar-refractivity contribution in [1.29, 1.82) is 0 Å². The highest BCUT2D eigenvalue weighted by Gasteiger charge is 2.69. The molecule has 0 amide bonds. The van der Waals surface area contributed by atoms with Crippen molar-refractivity contribution in [1.82, 2.24) is 0 Å². The highest BCUT2D eigenvalue weighted by molar-refractivity contribution is 5.26. The maximum absolute atomic E-state index is 11.5. The van der Waals surface area contributed by atoms with Crippen molar-refractivity contribution in [2.45, 2.75) is 189 Å². The van der Waals surface area contributed by atoms with Crippen molar-refractivity contribution in [3.05, 3.63) is 11.6 Å². The number of hydrogen-bond acceptors (Lipinski definition) is 17. The van der Waals surface area contributed by atoms with Crippen LogP contribution < -0.4 is 0 Å². The van der Waals surface area contributed by atoms with E-state index in [9.17, 15) is 46.0 Å². The lowest BCUT2D eigenvalue weighted by Gasteiger charge is -2.59. The molecule has 0 aromatic rings. The summed E-state index contributed by atoms with van der Waals surface area (Å²) in [6.07, 6.45) is -10.3. The summed E-state index contributed by atoms with van der Waals surface area (Å²) in [7, 11) is 0. The molecule has 0 unspecified atom stereocenters. The molecular formula is C44H70O17. The first-order valence-electron chi connectivity index (χ1n) is 22.9. The Morgan fingerprint density at radius 3 is 2.20 bits per heavy atom. The van der Waals surface area contributed by atoms with E-state index in [-0.39, 0.29) is 48.1 Å². The summed E-state index contributed by atoms with van der Waals surface area (Å²) in [5.41, 5.74) is 1.42. The zero-order valence-corrected chi connectivity index (χ0v) is 35.8. The molecule has 348 valence electrons. The third-order valence-corrected chi connectivity index (χ3v) is 17.4. The topological polar surface area (TPSA) is 256 Å². The summed E-state index contributed by atoms with van der Waals surface area (Å²) in [6.45, 7) is 8.41. The normalized spacial score (nSPS) is 57.2. The molecule has 1 spiro atoms. The summed E-state index contributed by atoms with van der Waals surface area (Å²) in [5, 5.41) is 94.8. The zero-order valence-electron chi connectivity index (χ0n) is 35.8. The van der Waals surface area contributed by atoms with Gasteiger partial charge in [0.25, 0.3) is 0 Å². The van der Waals surface area contributed by atoms with Gasteiger partial charge in [-0.2, -0.15) is 0 Å². The first kappa shape index (κ1) is 45.2. The van der Waals surface area contributed by atoms with Gasteiger partial charge < -0.3 is 83.9 Å². The molecule has 17 nitrogen and oxygen atoms in total. The Morgan fingerprint density at radius 1 is 0.721 bits per heavy atom. The Kier molecular flexibility index (Phi) is 12.6. The summed E-state index contributed by atoms with van der Waals surface area (Å²) < 4.78 is 50.0. The molecule has 9 rings (SSSR count). The van der Waals surface area contributed by atoms with Crippen LogP contribution in [-0.4, -0.2) is 176 Å². The Bertz CT molecular complexity index is 1580. The fraction of sp³-hybridized carbons (Fsp3) is 0.955. The van der Waals surface area contributed by atoms with Crippen molar-refractivity contribution in [3.63, 3.8) is 0 Å². The number of aliphatic hydroxyl groups excluding tert-OH is 9. The van der Waals surface area contributed by atoms with Crippen molar-refractivity contribution >= 4 is 0 Å². The monoisotopic (exact) mass is 870 g/mol. The van der Waals surface area contributed by atoms with Crippen molar-refractivity contribution < 1.29 is 83.9 Å². The molecule has 0 bridgehead atoms. The van der Waals surface area contributed by atoms with E-state index in [2.05, 4.69) is 26.8 Å². The first-order chi connectivity index (χ1) is 29.0. The Hall–Kier alpha value is -0.940. The van der Waals surface area contributed by atoms with Gasteiger partial charge in [-0.25, -0.2) is 0 Å². The van der Waals surface area contributed by atoms with Crippen LogP contribution in [0.3, 0.4) is 0 Å². The summed E-state index contributed by atoms with van der Waals surface area (Å²) in [5.74, 6) is 1.87. The predicted molar refractivity (Wildman–Crippen MR) is 210 cm³/mol. The van der Waals surface area contributed by atoms with Crippen LogP contribution in [0.15, 0.2) is 11.6 Å². The molecule has 17 heteroatoms. The molecule has 5 aliphatic heterocycles. The Balaban J connectivity index is 0.926. The molecule has 0 aromatic heterocycles. The molecule has 9 N–H and O–H groups in total. The molecule has 5 heterocycles. The smallest absolute Gasteiger partial charge is 0.187 e. The van der Waals surface area contributed by atoms with Crippen molar-refractivity contribution in [3.8, 4) is 0 Å². The molecule has 5 saturated heterocycles. The molecule has 61 heavy (non-hydrogen) atoms. The van der Waals surface area contributed by atoms with Gasteiger partial charge in [-0.3, -0.25) is 0 Å². The summed E-state index contributed by atoms with van der Waals surface area (Å²) >= 11 is 0. The third kappa shape index (κ3) is 7.51. The van der Waals surface area contributed by atoms with Gasteiger partial charge in [0.15, 0.2) is 24.7 Å². The van der Waals surface area contributed by atoms with Crippen LogP contribution >= 0.6 is 0 Å². The number of allylic oxidation sites excluding steroid dienone is 1. The number of hydrogen-bond donors (Lipinski definition) is 9. The average Bonchev–Trinajstić information content (AvgIpc) is 3.69. The van der Waals surface area contributed by atoms with Gasteiger partial charge in [0.2, 0.25) is 0 Å². The Labute approximate surface area is 357 Å².